The van der Waals surface area contributed by atoms with E-state index >= 15 is 0 Å². The third-order valence-electron chi connectivity index (χ3n) is 3.53. The number of aromatic nitrogens is 2. The Balaban J connectivity index is 1.80. The summed E-state index contributed by atoms with van der Waals surface area (Å²) in [5.41, 5.74) is 5.01. The molecule has 1 aromatic rings. The highest BCUT2D eigenvalue weighted by Crippen LogP contribution is 2.09. The van der Waals surface area contributed by atoms with Crippen molar-refractivity contribution in [1.29, 1.82) is 0 Å². The van der Waals surface area contributed by atoms with Crippen LogP contribution in [0.5, 0.6) is 0 Å². The maximum Gasteiger partial charge on any atom is 0.290 e. The molecule has 116 valence electrons. The Labute approximate surface area is 122 Å². The lowest BCUT2D eigenvalue weighted by atomic mass is 10.1. The molecule has 9 heteroatoms. The molecule has 21 heavy (non-hydrogen) atoms. The molecule has 0 spiro atoms. The van der Waals surface area contributed by atoms with Crippen LogP contribution in [0.3, 0.4) is 0 Å². The fraction of sp³-hybridized carbons (Fsp3) is 0.667. The van der Waals surface area contributed by atoms with Gasteiger partial charge in [0.05, 0.1) is 6.54 Å². The van der Waals surface area contributed by atoms with Crippen molar-refractivity contribution in [3.05, 3.63) is 11.7 Å². The van der Waals surface area contributed by atoms with E-state index in [1.807, 2.05) is 14.1 Å². The van der Waals surface area contributed by atoms with Gasteiger partial charge >= 0.3 is 0 Å². The fourth-order valence-electron chi connectivity index (χ4n) is 2.21. The first-order valence-corrected chi connectivity index (χ1v) is 6.73. The molecule has 1 saturated heterocycles. The van der Waals surface area contributed by atoms with E-state index in [2.05, 4.69) is 25.3 Å². The zero-order valence-electron chi connectivity index (χ0n) is 12.2. The van der Waals surface area contributed by atoms with Crippen molar-refractivity contribution >= 4 is 11.8 Å². The maximum atomic E-state index is 11.9. The molecular formula is C12H20N6O3. The molecule has 2 rings (SSSR count). The summed E-state index contributed by atoms with van der Waals surface area (Å²) in [5.74, 6) is -0.886. The van der Waals surface area contributed by atoms with Crippen LogP contribution < -0.4 is 11.1 Å². The van der Waals surface area contributed by atoms with Crippen molar-refractivity contribution in [2.45, 2.75) is 19.0 Å². The standard InChI is InChI=1S/C12H20N6O3/c1-17-3-4-18(2)8(7-17)5-9(19)14-6-10-15-12(11(13)20)16-21-10/h8H,3-7H2,1-2H3,(H2,13,20)(H,14,19)/t8-/m1/s1. The Morgan fingerprint density at radius 1 is 1.43 bits per heavy atom. The van der Waals surface area contributed by atoms with E-state index < -0.39 is 5.91 Å². The number of nitrogens with one attached hydrogen (secondary N) is 1. The minimum absolute atomic E-state index is 0.0887. The van der Waals surface area contributed by atoms with Gasteiger partial charge in [0.25, 0.3) is 11.7 Å². The van der Waals surface area contributed by atoms with Gasteiger partial charge in [0.2, 0.25) is 11.8 Å². The van der Waals surface area contributed by atoms with Gasteiger partial charge < -0.3 is 25.4 Å². The molecule has 1 aromatic heterocycles. The lowest BCUT2D eigenvalue weighted by molar-refractivity contribution is -0.123. The van der Waals surface area contributed by atoms with Gasteiger partial charge in [0, 0.05) is 32.1 Å². The predicted molar refractivity (Wildman–Crippen MR) is 73.2 cm³/mol. The molecule has 0 aliphatic carbocycles. The summed E-state index contributed by atoms with van der Waals surface area (Å²) in [5, 5.41) is 6.11. The van der Waals surface area contributed by atoms with E-state index in [0.717, 1.165) is 19.6 Å². The van der Waals surface area contributed by atoms with Gasteiger partial charge in [-0.1, -0.05) is 5.16 Å². The Hall–Kier alpha value is -2.00. The van der Waals surface area contributed by atoms with Crippen molar-refractivity contribution in [1.82, 2.24) is 25.3 Å². The SMILES string of the molecule is CN1CCN(C)[C@H](CC(=O)NCc2nc(C(N)=O)no2)C1. The summed E-state index contributed by atoms with van der Waals surface area (Å²) < 4.78 is 4.81. The number of nitrogens with two attached hydrogens (primary N) is 1. The van der Waals surface area contributed by atoms with Crippen molar-refractivity contribution in [3.63, 3.8) is 0 Å². The van der Waals surface area contributed by atoms with Crippen LogP contribution in [0.15, 0.2) is 4.52 Å². The molecule has 3 N–H and O–H groups in total. The smallest absolute Gasteiger partial charge is 0.290 e. The Morgan fingerprint density at radius 3 is 2.86 bits per heavy atom. The van der Waals surface area contributed by atoms with Gasteiger partial charge in [0.1, 0.15) is 0 Å². The Kier molecular flexibility index (Phi) is 4.86. The molecule has 0 unspecified atom stereocenters. The number of hydrogen-bond acceptors (Lipinski definition) is 7. The highest BCUT2D eigenvalue weighted by molar-refractivity contribution is 5.88. The monoisotopic (exact) mass is 296 g/mol. The fourth-order valence-corrected chi connectivity index (χ4v) is 2.21. The lowest BCUT2D eigenvalue weighted by Crippen LogP contribution is -2.51. The first kappa shape index (κ1) is 15.4. The van der Waals surface area contributed by atoms with Crippen LogP contribution >= 0.6 is 0 Å². The minimum Gasteiger partial charge on any atom is -0.363 e. The number of carbonyl (C=O) groups is 2. The first-order chi connectivity index (χ1) is 9.95. The number of carbonyl (C=O) groups excluding carboxylic acids is 2. The summed E-state index contributed by atoms with van der Waals surface area (Å²) >= 11 is 0. The molecule has 0 radical (unpaired) electrons. The number of piperazine rings is 1. The number of primary amides is 1. The second-order valence-corrected chi connectivity index (χ2v) is 5.25. The number of likely N-dealkylation sites (N-methyl/N-ethyl adjacent to an activating group) is 2. The highest BCUT2D eigenvalue weighted by Gasteiger charge is 2.24. The van der Waals surface area contributed by atoms with Crippen LogP contribution in [0.2, 0.25) is 0 Å². The minimum atomic E-state index is -0.761. The quantitative estimate of drug-likeness (QED) is 0.673. The third kappa shape index (κ3) is 4.23. The van der Waals surface area contributed by atoms with Gasteiger partial charge in [0.15, 0.2) is 0 Å². The number of nitrogens with zero attached hydrogens (tertiary/aromatic N) is 4. The Bertz CT molecular complexity index is 517. The molecule has 1 fully saturated rings. The number of hydrogen-bond donors (Lipinski definition) is 2. The normalized spacial score (nSPS) is 20.4. The van der Waals surface area contributed by atoms with Crippen LogP contribution in [0.1, 0.15) is 22.9 Å². The second kappa shape index (κ2) is 6.64. The van der Waals surface area contributed by atoms with Crippen LogP contribution in [0.25, 0.3) is 0 Å². The Morgan fingerprint density at radius 2 is 2.19 bits per heavy atom. The summed E-state index contributed by atoms with van der Waals surface area (Å²) in [6.45, 7) is 2.90. The van der Waals surface area contributed by atoms with Gasteiger partial charge in [-0.15, -0.1) is 0 Å². The molecule has 1 aliphatic heterocycles. The predicted octanol–water partition coefficient (Wildman–Crippen LogP) is -1.58. The summed E-state index contributed by atoms with van der Waals surface area (Å²) in [4.78, 5) is 30.9. The molecule has 0 aromatic carbocycles. The zero-order valence-corrected chi connectivity index (χ0v) is 12.2. The van der Waals surface area contributed by atoms with E-state index in [9.17, 15) is 9.59 Å². The van der Waals surface area contributed by atoms with E-state index in [1.54, 1.807) is 0 Å². The van der Waals surface area contributed by atoms with Gasteiger partial charge in [-0.25, -0.2) is 0 Å². The van der Waals surface area contributed by atoms with E-state index in [1.165, 1.54) is 0 Å². The summed E-state index contributed by atoms with van der Waals surface area (Å²) in [6.07, 6.45) is 0.400. The second-order valence-electron chi connectivity index (χ2n) is 5.25. The van der Waals surface area contributed by atoms with E-state index in [0.29, 0.717) is 6.42 Å². The van der Waals surface area contributed by atoms with Crippen molar-refractivity contribution < 1.29 is 14.1 Å². The van der Waals surface area contributed by atoms with Gasteiger partial charge in [-0.05, 0) is 14.1 Å². The van der Waals surface area contributed by atoms with Crippen LogP contribution in [0, 0.1) is 0 Å². The number of rotatable bonds is 5. The van der Waals surface area contributed by atoms with Crippen molar-refractivity contribution in [2.75, 3.05) is 33.7 Å². The molecule has 9 nitrogen and oxygen atoms in total. The molecule has 1 aliphatic rings. The zero-order chi connectivity index (χ0) is 15.4. The summed E-state index contributed by atoms with van der Waals surface area (Å²) in [6, 6.07) is 0.188. The van der Waals surface area contributed by atoms with Crippen molar-refractivity contribution in [2.24, 2.45) is 5.73 Å². The lowest BCUT2D eigenvalue weighted by Gasteiger charge is -2.37. The molecule has 2 heterocycles. The first-order valence-electron chi connectivity index (χ1n) is 6.73. The molecule has 1 atom stereocenters. The van der Waals surface area contributed by atoms with Gasteiger partial charge in [-0.2, -0.15) is 4.98 Å². The molecular weight excluding hydrogens is 276 g/mol. The summed E-state index contributed by atoms with van der Waals surface area (Å²) in [7, 11) is 4.06. The third-order valence-corrected chi connectivity index (χ3v) is 3.53. The average Bonchev–Trinajstić information content (AvgIpc) is 2.90. The largest absolute Gasteiger partial charge is 0.363 e. The van der Waals surface area contributed by atoms with E-state index in [4.69, 9.17) is 10.3 Å². The van der Waals surface area contributed by atoms with Gasteiger partial charge in [-0.3, -0.25) is 9.59 Å². The van der Waals surface area contributed by atoms with Crippen molar-refractivity contribution in [3.8, 4) is 0 Å². The number of amides is 2. The van der Waals surface area contributed by atoms with Crippen LogP contribution in [-0.4, -0.2) is 71.5 Å². The average molecular weight is 296 g/mol. The topological polar surface area (TPSA) is 118 Å². The van der Waals surface area contributed by atoms with Crippen LogP contribution in [0.4, 0.5) is 0 Å². The molecule has 2 amide bonds. The maximum absolute atomic E-state index is 11.9. The molecule has 0 bridgehead atoms. The van der Waals surface area contributed by atoms with E-state index in [-0.39, 0.29) is 30.2 Å². The molecule has 0 saturated carbocycles. The van der Waals surface area contributed by atoms with Crippen LogP contribution in [-0.2, 0) is 11.3 Å². The highest BCUT2D eigenvalue weighted by atomic mass is 16.5.